The van der Waals surface area contributed by atoms with Crippen LogP contribution in [0.2, 0.25) is 0 Å². The standard InChI is InChI=1S/C16H26N2O2/c1-3-5-11-20-15-8-6-14(7-9-15)12-17-13-16(19)18-10-4-2/h6-9,17H,3-5,10-13H2,1-2H3,(H,18,19). The van der Waals surface area contributed by atoms with Crippen molar-refractivity contribution in [1.82, 2.24) is 10.6 Å². The number of hydrogen-bond donors (Lipinski definition) is 2. The lowest BCUT2D eigenvalue weighted by Crippen LogP contribution is -2.33. The van der Waals surface area contributed by atoms with Crippen molar-refractivity contribution >= 4 is 5.91 Å². The van der Waals surface area contributed by atoms with E-state index in [1.807, 2.05) is 31.2 Å². The molecule has 2 N–H and O–H groups in total. The molecule has 0 radical (unpaired) electrons. The average molecular weight is 278 g/mol. The maximum absolute atomic E-state index is 11.4. The minimum atomic E-state index is 0.0476. The Morgan fingerprint density at radius 2 is 1.90 bits per heavy atom. The Kier molecular flexibility index (Phi) is 8.47. The molecule has 0 bridgehead atoms. The maximum Gasteiger partial charge on any atom is 0.233 e. The Balaban J connectivity index is 2.22. The number of rotatable bonds is 10. The van der Waals surface area contributed by atoms with Crippen molar-refractivity contribution in [2.75, 3.05) is 19.7 Å². The monoisotopic (exact) mass is 278 g/mol. The van der Waals surface area contributed by atoms with E-state index in [1.165, 1.54) is 0 Å². The second-order valence-corrected chi connectivity index (χ2v) is 4.80. The van der Waals surface area contributed by atoms with Gasteiger partial charge in [-0.2, -0.15) is 0 Å². The average Bonchev–Trinajstić information content (AvgIpc) is 2.47. The van der Waals surface area contributed by atoms with Crippen molar-refractivity contribution in [3.63, 3.8) is 0 Å². The van der Waals surface area contributed by atoms with Crippen LogP contribution in [-0.2, 0) is 11.3 Å². The fourth-order valence-corrected chi connectivity index (χ4v) is 1.69. The van der Waals surface area contributed by atoms with Crippen LogP contribution in [-0.4, -0.2) is 25.6 Å². The number of amides is 1. The number of unbranched alkanes of at least 4 members (excludes halogenated alkanes) is 1. The molecule has 0 heterocycles. The van der Waals surface area contributed by atoms with Crippen LogP contribution in [0.25, 0.3) is 0 Å². The molecule has 1 aromatic carbocycles. The van der Waals surface area contributed by atoms with E-state index in [-0.39, 0.29) is 5.91 Å². The third kappa shape index (κ3) is 7.14. The van der Waals surface area contributed by atoms with Crippen LogP contribution in [0.1, 0.15) is 38.7 Å². The maximum atomic E-state index is 11.4. The summed E-state index contributed by atoms with van der Waals surface area (Å²) in [6, 6.07) is 8.00. The normalized spacial score (nSPS) is 10.3. The summed E-state index contributed by atoms with van der Waals surface area (Å²) in [6.07, 6.45) is 3.18. The molecule has 1 aromatic rings. The summed E-state index contributed by atoms with van der Waals surface area (Å²) in [5.74, 6) is 0.953. The van der Waals surface area contributed by atoms with Crippen molar-refractivity contribution in [2.45, 2.75) is 39.7 Å². The molecule has 4 heteroatoms. The van der Waals surface area contributed by atoms with Gasteiger partial charge in [-0.1, -0.05) is 32.4 Å². The van der Waals surface area contributed by atoms with Gasteiger partial charge in [-0.3, -0.25) is 4.79 Å². The van der Waals surface area contributed by atoms with Crippen molar-refractivity contribution in [3.8, 4) is 5.75 Å². The molecule has 0 aliphatic rings. The first-order valence-electron chi connectivity index (χ1n) is 7.45. The third-order valence-corrected chi connectivity index (χ3v) is 2.88. The van der Waals surface area contributed by atoms with Crippen LogP contribution in [0, 0.1) is 0 Å². The van der Waals surface area contributed by atoms with Crippen LogP contribution in [0.15, 0.2) is 24.3 Å². The zero-order valence-electron chi connectivity index (χ0n) is 12.6. The van der Waals surface area contributed by atoms with Gasteiger partial charge in [-0.05, 0) is 30.5 Å². The van der Waals surface area contributed by atoms with Crippen molar-refractivity contribution < 1.29 is 9.53 Å². The molecule has 0 unspecified atom stereocenters. The van der Waals surface area contributed by atoms with Gasteiger partial charge >= 0.3 is 0 Å². The first-order chi connectivity index (χ1) is 9.76. The molecular formula is C16H26N2O2. The Morgan fingerprint density at radius 3 is 2.55 bits per heavy atom. The highest BCUT2D eigenvalue weighted by atomic mass is 16.5. The highest BCUT2D eigenvalue weighted by molar-refractivity contribution is 5.77. The molecule has 112 valence electrons. The van der Waals surface area contributed by atoms with Crippen LogP contribution < -0.4 is 15.4 Å². The Labute approximate surface area is 121 Å². The highest BCUT2D eigenvalue weighted by Crippen LogP contribution is 2.12. The summed E-state index contributed by atoms with van der Waals surface area (Å²) in [5.41, 5.74) is 1.15. The lowest BCUT2D eigenvalue weighted by molar-refractivity contribution is -0.120. The van der Waals surface area contributed by atoms with E-state index < -0.39 is 0 Å². The van der Waals surface area contributed by atoms with Gasteiger partial charge in [0.2, 0.25) is 5.91 Å². The zero-order chi connectivity index (χ0) is 14.6. The molecule has 20 heavy (non-hydrogen) atoms. The van der Waals surface area contributed by atoms with Crippen molar-refractivity contribution in [3.05, 3.63) is 29.8 Å². The summed E-state index contributed by atoms with van der Waals surface area (Å²) < 4.78 is 5.60. The van der Waals surface area contributed by atoms with Crippen molar-refractivity contribution in [2.24, 2.45) is 0 Å². The topological polar surface area (TPSA) is 50.4 Å². The van der Waals surface area contributed by atoms with Crippen LogP contribution in [0.3, 0.4) is 0 Å². The highest BCUT2D eigenvalue weighted by Gasteiger charge is 2.00. The molecule has 0 aromatic heterocycles. The molecule has 0 saturated heterocycles. The summed E-state index contributed by atoms with van der Waals surface area (Å²) >= 11 is 0. The van der Waals surface area contributed by atoms with E-state index in [1.54, 1.807) is 0 Å². The molecule has 0 atom stereocenters. The van der Waals surface area contributed by atoms with Gasteiger partial charge in [-0.15, -0.1) is 0 Å². The van der Waals surface area contributed by atoms with E-state index in [2.05, 4.69) is 17.6 Å². The Hall–Kier alpha value is -1.55. The first-order valence-corrected chi connectivity index (χ1v) is 7.45. The van der Waals surface area contributed by atoms with E-state index in [4.69, 9.17) is 4.74 Å². The van der Waals surface area contributed by atoms with Gasteiger partial charge in [0, 0.05) is 13.1 Å². The predicted octanol–water partition coefficient (Wildman–Crippen LogP) is 2.48. The minimum Gasteiger partial charge on any atom is -0.494 e. The number of hydrogen-bond acceptors (Lipinski definition) is 3. The summed E-state index contributed by atoms with van der Waals surface area (Å²) in [7, 11) is 0. The number of carbonyl (C=O) groups is 1. The zero-order valence-corrected chi connectivity index (χ0v) is 12.6. The second-order valence-electron chi connectivity index (χ2n) is 4.80. The van der Waals surface area contributed by atoms with Gasteiger partial charge in [0.1, 0.15) is 5.75 Å². The van der Waals surface area contributed by atoms with Gasteiger partial charge in [-0.25, -0.2) is 0 Å². The quantitative estimate of drug-likeness (QED) is 0.646. The number of carbonyl (C=O) groups excluding carboxylic acids is 1. The molecule has 0 aliphatic heterocycles. The predicted molar refractivity (Wildman–Crippen MR) is 81.9 cm³/mol. The molecule has 0 spiro atoms. The number of ether oxygens (including phenoxy) is 1. The summed E-state index contributed by atoms with van der Waals surface area (Å²) in [6.45, 7) is 6.74. The smallest absolute Gasteiger partial charge is 0.233 e. The molecule has 0 aliphatic carbocycles. The molecule has 1 amide bonds. The number of benzene rings is 1. The van der Waals surface area contributed by atoms with Crippen molar-refractivity contribution in [1.29, 1.82) is 0 Å². The summed E-state index contributed by atoms with van der Waals surface area (Å²) in [4.78, 5) is 11.4. The molecule has 4 nitrogen and oxygen atoms in total. The van der Waals surface area contributed by atoms with Crippen LogP contribution >= 0.6 is 0 Å². The molecule has 0 fully saturated rings. The van der Waals surface area contributed by atoms with Gasteiger partial charge < -0.3 is 15.4 Å². The SMILES string of the molecule is CCCCOc1ccc(CNCC(=O)NCCC)cc1. The van der Waals surface area contributed by atoms with Gasteiger partial charge in [0.15, 0.2) is 0 Å². The largest absolute Gasteiger partial charge is 0.494 e. The van der Waals surface area contributed by atoms with E-state index in [0.717, 1.165) is 43.7 Å². The van der Waals surface area contributed by atoms with E-state index in [0.29, 0.717) is 13.1 Å². The lowest BCUT2D eigenvalue weighted by Gasteiger charge is -2.08. The van der Waals surface area contributed by atoms with Gasteiger partial charge in [0.05, 0.1) is 13.2 Å². The Bertz CT molecular complexity index is 377. The van der Waals surface area contributed by atoms with Crippen LogP contribution in [0.5, 0.6) is 5.75 Å². The second kappa shape index (κ2) is 10.3. The fourth-order valence-electron chi connectivity index (χ4n) is 1.69. The van der Waals surface area contributed by atoms with Gasteiger partial charge in [0.25, 0.3) is 0 Å². The minimum absolute atomic E-state index is 0.0476. The van der Waals surface area contributed by atoms with E-state index >= 15 is 0 Å². The van der Waals surface area contributed by atoms with Crippen LogP contribution in [0.4, 0.5) is 0 Å². The lowest BCUT2D eigenvalue weighted by atomic mass is 10.2. The molecular weight excluding hydrogens is 252 g/mol. The summed E-state index contributed by atoms with van der Waals surface area (Å²) in [5, 5.41) is 5.96. The third-order valence-electron chi connectivity index (χ3n) is 2.88. The number of nitrogens with one attached hydrogen (secondary N) is 2. The Morgan fingerprint density at radius 1 is 1.15 bits per heavy atom. The molecule has 1 rings (SSSR count). The molecule has 0 saturated carbocycles. The first kappa shape index (κ1) is 16.5. The fraction of sp³-hybridized carbons (Fsp3) is 0.562. The van der Waals surface area contributed by atoms with E-state index in [9.17, 15) is 4.79 Å².